The van der Waals surface area contributed by atoms with Crippen LogP contribution in [0.2, 0.25) is 0 Å². The minimum absolute atomic E-state index is 0.0836. The van der Waals surface area contributed by atoms with Crippen molar-refractivity contribution in [3.8, 4) is 0 Å². The number of β-amino-alcohol motifs (C(OH)–C–C–N with tert-alkyl or cyclic N) is 1. The van der Waals surface area contributed by atoms with Crippen molar-refractivity contribution < 1.29 is 9.90 Å². The van der Waals surface area contributed by atoms with E-state index in [9.17, 15) is 9.90 Å². The average molecular weight is 203 g/mol. The van der Waals surface area contributed by atoms with Crippen molar-refractivity contribution >= 4 is 17.7 Å². The molecule has 1 heterocycles. The molecule has 76 valence electrons. The van der Waals surface area contributed by atoms with Gasteiger partial charge in [-0.15, -0.1) is 0 Å². The maximum Gasteiger partial charge on any atom is 0.226 e. The molecule has 1 amide bonds. The number of aliphatic hydroxyl groups is 1. The molecule has 2 atom stereocenters. The van der Waals surface area contributed by atoms with E-state index in [2.05, 4.69) is 0 Å². The number of aliphatic hydroxyl groups excluding tert-OH is 1. The van der Waals surface area contributed by atoms with Gasteiger partial charge in [0.05, 0.1) is 6.10 Å². The Morgan fingerprint density at radius 1 is 1.77 bits per heavy atom. The van der Waals surface area contributed by atoms with E-state index in [1.807, 2.05) is 13.2 Å². The van der Waals surface area contributed by atoms with Crippen LogP contribution >= 0.6 is 11.8 Å². The summed E-state index contributed by atoms with van der Waals surface area (Å²) >= 11 is 1.69. The van der Waals surface area contributed by atoms with E-state index >= 15 is 0 Å². The molecule has 0 spiro atoms. The summed E-state index contributed by atoms with van der Waals surface area (Å²) in [7, 11) is 0. The Morgan fingerprint density at radius 3 is 2.92 bits per heavy atom. The predicted octanol–water partition coefficient (Wildman–Crippen LogP) is 0.579. The molecule has 0 radical (unpaired) electrons. The second-order valence-electron chi connectivity index (χ2n) is 3.58. The fraction of sp³-hybridized carbons (Fsp3) is 0.889. The first-order valence-electron chi connectivity index (χ1n) is 4.61. The summed E-state index contributed by atoms with van der Waals surface area (Å²) < 4.78 is 0. The molecule has 1 rings (SSSR count). The van der Waals surface area contributed by atoms with Gasteiger partial charge in [-0.05, 0) is 12.7 Å². The highest BCUT2D eigenvalue weighted by Gasteiger charge is 2.27. The van der Waals surface area contributed by atoms with Gasteiger partial charge < -0.3 is 10.0 Å². The van der Waals surface area contributed by atoms with Gasteiger partial charge in [0.2, 0.25) is 5.91 Å². The summed E-state index contributed by atoms with van der Waals surface area (Å²) in [6.45, 7) is 3.19. The Labute approximate surface area is 83.5 Å². The minimum Gasteiger partial charge on any atom is -0.391 e. The summed E-state index contributed by atoms with van der Waals surface area (Å²) in [5.74, 6) is 1.14. The number of carbonyl (C=O) groups is 1. The standard InChI is InChI=1S/C9H17NO2S/c1-7(6-13-2)9(12)10-4-3-8(11)5-10/h7-8,11H,3-6H2,1-2H3/t7?,8-/m1/s1. The van der Waals surface area contributed by atoms with Crippen LogP contribution in [-0.2, 0) is 4.79 Å². The largest absolute Gasteiger partial charge is 0.391 e. The molecule has 0 aliphatic carbocycles. The fourth-order valence-electron chi connectivity index (χ4n) is 1.57. The van der Waals surface area contributed by atoms with Crippen LogP contribution in [0.15, 0.2) is 0 Å². The van der Waals surface area contributed by atoms with E-state index in [1.54, 1.807) is 16.7 Å². The number of rotatable bonds is 3. The monoisotopic (exact) mass is 203 g/mol. The lowest BCUT2D eigenvalue weighted by atomic mass is 10.2. The number of hydrogen-bond acceptors (Lipinski definition) is 3. The van der Waals surface area contributed by atoms with Crippen LogP contribution in [0, 0.1) is 5.92 Å². The Kier molecular flexibility index (Phi) is 4.06. The van der Waals surface area contributed by atoms with Crippen molar-refractivity contribution in [2.45, 2.75) is 19.4 Å². The molecule has 1 aliphatic rings. The van der Waals surface area contributed by atoms with Crippen LogP contribution in [0.3, 0.4) is 0 Å². The Bertz CT molecular complexity index is 186. The van der Waals surface area contributed by atoms with Crippen molar-refractivity contribution in [3.63, 3.8) is 0 Å². The van der Waals surface area contributed by atoms with E-state index < -0.39 is 0 Å². The van der Waals surface area contributed by atoms with Crippen molar-refractivity contribution in [1.29, 1.82) is 0 Å². The predicted molar refractivity (Wildman–Crippen MR) is 54.7 cm³/mol. The highest BCUT2D eigenvalue weighted by Crippen LogP contribution is 2.14. The van der Waals surface area contributed by atoms with E-state index in [0.29, 0.717) is 6.54 Å². The SMILES string of the molecule is CSCC(C)C(=O)N1CC[C@@H](O)C1. The number of thioether (sulfide) groups is 1. The Hall–Kier alpha value is -0.220. The third-order valence-corrected chi connectivity index (χ3v) is 3.15. The molecule has 3 nitrogen and oxygen atoms in total. The highest BCUT2D eigenvalue weighted by molar-refractivity contribution is 7.98. The van der Waals surface area contributed by atoms with Crippen LogP contribution in [0.5, 0.6) is 0 Å². The lowest BCUT2D eigenvalue weighted by Gasteiger charge is -2.19. The molecular formula is C9H17NO2S. The van der Waals surface area contributed by atoms with Gasteiger partial charge in [0, 0.05) is 24.8 Å². The Balaban J connectivity index is 2.38. The zero-order valence-electron chi connectivity index (χ0n) is 8.19. The zero-order chi connectivity index (χ0) is 9.84. The van der Waals surface area contributed by atoms with Gasteiger partial charge in [-0.1, -0.05) is 6.92 Å². The summed E-state index contributed by atoms with van der Waals surface area (Å²) in [4.78, 5) is 13.5. The van der Waals surface area contributed by atoms with Crippen molar-refractivity contribution in [2.24, 2.45) is 5.92 Å². The first-order chi connectivity index (χ1) is 6.15. The maximum absolute atomic E-state index is 11.7. The summed E-state index contributed by atoms with van der Waals surface area (Å²) in [6, 6.07) is 0. The quantitative estimate of drug-likeness (QED) is 0.729. The molecule has 1 saturated heterocycles. The smallest absolute Gasteiger partial charge is 0.226 e. The van der Waals surface area contributed by atoms with E-state index in [0.717, 1.165) is 18.7 Å². The van der Waals surface area contributed by atoms with Gasteiger partial charge in [-0.2, -0.15) is 11.8 Å². The molecule has 0 bridgehead atoms. The summed E-state index contributed by atoms with van der Waals surface area (Å²) in [6.07, 6.45) is 2.44. The van der Waals surface area contributed by atoms with Crippen LogP contribution in [0.4, 0.5) is 0 Å². The van der Waals surface area contributed by atoms with Gasteiger partial charge >= 0.3 is 0 Å². The molecule has 0 aromatic rings. The molecule has 1 unspecified atom stereocenters. The summed E-state index contributed by atoms with van der Waals surface area (Å²) in [5, 5.41) is 9.26. The lowest BCUT2D eigenvalue weighted by Crippen LogP contribution is -2.34. The molecule has 0 saturated carbocycles. The number of amides is 1. The highest BCUT2D eigenvalue weighted by atomic mass is 32.2. The van der Waals surface area contributed by atoms with Crippen LogP contribution < -0.4 is 0 Å². The number of likely N-dealkylation sites (tertiary alicyclic amines) is 1. The van der Waals surface area contributed by atoms with E-state index in [-0.39, 0.29) is 17.9 Å². The van der Waals surface area contributed by atoms with E-state index in [4.69, 9.17) is 0 Å². The first kappa shape index (κ1) is 10.9. The third kappa shape index (κ3) is 2.88. The molecule has 0 aromatic carbocycles. The Morgan fingerprint density at radius 2 is 2.46 bits per heavy atom. The molecule has 1 aliphatic heterocycles. The van der Waals surface area contributed by atoms with Gasteiger partial charge in [-0.25, -0.2) is 0 Å². The van der Waals surface area contributed by atoms with Gasteiger partial charge in [-0.3, -0.25) is 4.79 Å². The zero-order valence-corrected chi connectivity index (χ0v) is 9.01. The van der Waals surface area contributed by atoms with Gasteiger partial charge in [0.25, 0.3) is 0 Å². The van der Waals surface area contributed by atoms with Crippen LogP contribution in [-0.4, -0.2) is 47.1 Å². The molecule has 1 N–H and O–H groups in total. The maximum atomic E-state index is 11.7. The average Bonchev–Trinajstić information content (AvgIpc) is 2.51. The molecule has 1 fully saturated rings. The topological polar surface area (TPSA) is 40.5 Å². The molecule has 4 heteroatoms. The number of nitrogens with zero attached hydrogens (tertiary/aromatic N) is 1. The van der Waals surface area contributed by atoms with Crippen LogP contribution in [0.1, 0.15) is 13.3 Å². The lowest BCUT2D eigenvalue weighted by molar-refractivity contribution is -0.133. The van der Waals surface area contributed by atoms with Gasteiger partial charge in [0.1, 0.15) is 0 Å². The fourth-order valence-corrected chi connectivity index (χ4v) is 2.22. The van der Waals surface area contributed by atoms with Crippen LogP contribution in [0.25, 0.3) is 0 Å². The number of carbonyl (C=O) groups excluding carboxylic acids is 1. The molecule has 0 aromatic heterocycles. The minimum atomic E-state index is -0.301. The van der Waals surface area contributed by atoms with Crippen molar-refractivity contribution in [2.75, 3.05) is 25.1 Å². The van der Waals surface area contributed by atoms with E-state index in [1.165, 1.54) is 0 Å². The molecule has 13 heavy (non-hydrogen) atoms. The van der Waals surface area contributed by atoms with Crippen molar-refractivity contribution in [1.82, 2.24) is 4.90 Å². The van der Waals surface area contributed by atoms with Gasteiger partial charge in [0.15, 0.2) is 0 Å². The third-order valence-electron chi connectivity index (χ3n) is 2.31. The number of hydrogen-bond donors (Lipinski definition) is 1. The second-order valence-corrected chi connectivity index (χ2v) is 4.49. The second kappa shape index (κ2) is 4.86. The van der Waals surface area contributed by atoms with Crippen molar-refractivity contribution in [3.05, 3.63) is 0 Å². The first-order valence-corrected chi connectivity index (χ1v) is 6.00. The normalized spacial score (nSPS) is 24.8. The molecular weight excluding hydrogens is 186 g/mol. The summed E-state index contributed by atoms with van der Waals surface area (Å²) in [5.41, 5.74) is 0.